The van der Waals surface area contributed by atoms with E-state index in [2.05, 4.69) is 29.4 Å². The fourth-order valence-corrected chi connectivity index (χ4v) is 6.16. The van der Waals surface area contributed by atoms with Crippen molar-refractivity contribution in [2.24, 2.45) is 11.3 Å². The maximum Gasteiger partial charge on any atom is 0.251 e. The van der Waals surface area contributed by atoms with Gasteiger partial charge in [-0.3, -0.25) is 24.0 Å². The summed E-state index contributed by atoms with van der Waals surface area (Å²) in [6, 6.07) is 4.58. The molecular weight excluding hydrogens is 534 g/mol. The summed E-state index contributed by atoms with van der Waals surface area (Å²) in [5.74, 6) is -1.33. The van der Waals surface area contributed by atoms with Crippen LogP contribution in [-0.2, 0) is 19.2 Å². The van der Waals surface area contributed by atoms with Crippen molar-refractivity contribution in [1.29, 1.82) is 0 Å². The molecule has 0 aromatic heterocycles. The fourth-order valence-electron chi connectivity index (χ4n) is 6.16. The summed E-state index contributed by atoms with van der Waals surface area (Å²) < 4.78 is 0. The first-order valence-electron chi connectivity index (χ1n) is 15.2. The normalized spacial score (nSPS) is 19.9. The van der Waals surface area contributed by atoms with Gasteiger partial charge in [-0.2, -0.15) is 0 Å². The molecule has 0 bridgehead atoms. The van der Waals surface area contributed by atoms with E-state index < -0.39 is 24.2 Å². The molecule has 0 aliphatic carbocycles. The van der Waals surface area contributed by atoms with Crippen LogP contribution in [0.3, 0.4) is 0 Å². The Labute approximate surface area is 250 Å². The quantitative estimate of drug-likeness (QED) is 0.414. The Morgan fingerprint density at radius 3 is 2.07 bits per heavy atom. The lowest BCUT2D eigenvalue weighted by Gasteiger charge is -2.31. The number of amides is 4. The minimum atomic E-state index is -0.802. The molecule has 2 saturated heterocycles. The van der Waals surface area contributed by atoms with Crippen LogP contribution in [0.15, 0.2) is 24.3 Å². The van der Waals surface area contributed by atoms with Gasteiger partial charge >= 0.3 is 0 Å². The number of carbonyl (C=O) groups is 5. The lowest BCUT2D eigenvalue weighted by Crippen LogP contribution is -2.53. The lowest BCUT2D eigenvalue weighted by atomic mass is 9.87. The van der Waals surface area contributed by atoms with Gasteiger partial charge in [0, 0.05) is 37.8 Å². The molecule has 42 heavy (non-hydrogen) atoms. The molecule has 0 radical (unpaired) electrons. The van der Waals surface area contributed by atoms with E-state index in [0.29, 0.717) is 31.4 Å². The van der Waals surface area contributed by atoms with Gasteiger partial charge in [0.1, 0.15) is 18.1 Å². The molecule has 3 rings (SSSR count). The zero-order valence-electron chi connectivity index (χ0n) is 26.5. The highest BCUT2D eigenvalue weighted by Gasteiger charge is 2.53. The van der Waals surface area contributed by atoms with Crippen LogP contribution < -0.4 is 15.5 Å². The molecule has 0 saturated carbocycles. The maximum absolute atomic E-state index is 13.9. The van der Waals surface area contributed by atoms with Crippen molar-refractivity contribution in [2.45, 2.75) is 98.8 Å². The van der Waals surface area contributed by atoms with Gasteiger partial charge in [0.15, 0.2) is 5.78 Å². The third kappa shape index (κ3) is 7.89. The van der Waals surface area contributed by atoms with Crippen molar-refractivity contribution in [3.63, 3.8) is 0 Å². The number of likely N-dealkylation sites (tertiary alicyclic amines) is 2. The van der Waals surface area contributed by atoms with Gasteiger partial charge in [0.2, 0.25) is 17.7 Å². The molecule has 2 heterocycles. The number of ketones is 1. The number of benzene rings is 1. The van der Waals surface area contributed by atoms with Gasteiger partial charge in [-0.25, -0.2) is 0 Å². The molecule has 232 valence electrons. The van der Waals surface area contributed by atoms with Crippen LogP contribution in [0.5, 0.6) is 0 Å². The van der Waals surface area contributed by atoms with Crippen LogP contribution in [0.25, 0.3) is 0 Å². The highest BCUT2D eigenvalue weighted by atomic mass is 16.2. The van der Waals surface area contributed by atoms with E-state index in [1.54, 1.807) is 21.9 Å². The molecule has 10 heteroatoms. The van der Waals surface area contributed by atoms with Gasteiger partial charge in [-0.05, 0) is 68.7 Å². The summed E-state index contributed by atoms with van der Waals surface area (Å²) in [6.07, 6.45) is 1.31. The minimum Gasteiger partial charge on any atom is -0.372 e. The molecule has 10 nitrogen and oxygen atoms in total. The number of nitrogens with one attached hydrogen (secondary N) is 2. The second-order valence-electron chi connectivity index (χ2n) is 13.2. The van der Waals surface area contributed by atoms with Crippen LogP contribution in [-0.4, -0.2) is 89.6 Å². The first kappa shape index (κ1) is 33.1. The highest BCUT2D eigenvalue weighted by Crippen LogP contribution is 2.32. The van der Waals surface area contributed by atoms with E-state index in [9.17, 15) is 24.0 Å². The maximum atomic E-state index is 13.9. The van der Waals surface area contributed by atoms with Crippen molar-refractivity contribution in [3.8, 4) is 0 Å². The predicted molar refractivity (Wildman–Crippen MR) is 163 cm³/mol. The van der Waals surface area contributed by atoms with Crippen LogP contribution in [0.4, 0.5) is 5.69 Å². The average Bonchev–Trinajstić information content (AvgIpc) is 3.48. The zero-order chi connectivity index (χ0) is 31.4. The van der Waals surface area contributed by atoms with Gasteiger partial charge in [0.05, 0.1) is 12.6 Å². The Balaban J connectivity index is 1.77. The van der Waals surface area contributed by atoms with Crippen LogP contribution in [0.2, 0.25) is 0 Å². The van der Waals surface area contributed by atoms with E-state index in [1.807, 2.05) is 46.8 Å². The Kier molecular flexibility index (Phi) is 10.8. The summed E-state index contributed by atoms with van der Waals surface area (Å²) in [5.41, 5.74) is 1.26. The standard InChI is InChI=1S/C32H49N5O5/c1-9-35(10-2)23-13-11-22(12-14-23)29(40)34-24(17-20(3)4)30(41)36-16-15-26-28(36)27(39)19-37(26)31(42)25(33-21(5)38)18-32(6,7)8/h11-14,20,24-26,28H,9-10,15-19H2,1-8H3,(H,33,38)(H,34,40). The molecule has 4 amide bonds. The number of carbonyl (C=O) groups excluding carboxylic acids is 5. The Morgan fingerprint density at radius 2 is 1.55 bits per heavy atom. The third-order valence-corrected chi connectivity index (χ3v) is 8.05. The summed E-state index contributed by atoms with van der Waals surface area (Å²) >= 11 is 0. The number of anilines is 1. The topological polar surface area (TPSA) is 119 Å². The van der Waals surface area contributed by atoms with Crippen LogP contribution in [0, 0.1) is 11.3 Å². The van der Waals surface area contributed by atoms with Gasteiger partial charge in [-0.1, -0.05) is 34.6 Å². The molecular formula is C32H49N5O5. The number of fused-ring (bicyclic) bond motifs is 1. The number of nitrogens with zero attached hydrogens (tertiary/aromatic N) is 3. The molecule has 2 aliphatic heterocycles. The van der Waals surface area contributed by atoms with E-state index >= 15 is 0 Å². The predicted octanol–water partition coefficient (Wildman–Crippen LogP) is 3.00. The van der Waals surface area contributed by atoms with Crippen LogP contribution >= 0.6 is 0 Å². The van der Waals surface area contributed by atoms with Crippen molar-refractivity contribution in [3.05, 3.63) is 29.8 Å². The largest absolute Gasteiger partial charge is 0.372 e. The van der Waals surface area contributed by atoms with Gasteiger partial charge in [0.25, 0.3) is 5.91 Å². The van der Waals surface area contributed by atoms with Crippen LogP contribution in [0.1, 0.15) is 85.0 Å². The number of Topliss-reactive ketones (excluding diaryl/α,β-unsaturated/α-hetero) is 1. The van der Waals surface area contributed by atoms with E-state index in [1.165, 1.54) is 6.92 Å². The second kappa shape index (κ2) is 13.7. The molecule has 4 unspecified atom stereocenters. The highest BCUT2D eigenvalue weighted by molar-refractivity contribution is 6.01. The van der Waals surface area contributed by atoms with Gasteiger partial charge in [-0.15, -0.1) is 0 Å². The first-order chi connectivity index (χ1) is 19.7. The minimum absolute atomic E-state index is 0.0989. The summed E-state index contributed by atoms with van der Waals surface area (Å²) in [6.45, 7) is 17.4. The molecule has 4 atom stereocenters. The number of hydrogen-bond acceptors (Lipinski definition) is 6. The SMILES string of the molecule is CCN(CC)c1ccc(C(=O)NC(CC(C)C)C(=O)N2CCC3C2C(=O)CN3C(=O)C(CC(C)(C)C)NC(C)=O)cc1. The molecule has 2 aliphatic rings. The Hall–Kier alpha value is -3.43. The van der Waals surface area contributed by atoms with Crippen molar-refractivity contribution in [2.75, 3.05) is 31.1 Å². The van der Waals surface area contributed by atoms with E-state index in [-0.39, 0.29) is 47.3 Å². The monoisotopic (exact) mass is 583 g/mol. The van der Waals surface area contributed by atoms with Crippen molar-refractivity contribution in [1.82, 2.24) is 20.4 Å². The fraction of sp³-hybridized carbons (Fsp3) is 0.656. The molecule has 1 aromatic rings. The van der Waals surface area contributed by atoms with Crippen molar-refractivity contribution >= 4 is 35.1 Å². The number of rotatable bonds is 11. The van der Waals surface area contributed by atoms with E-state index in [4.69, 9.17) is 0 Å². The number of hydrogen-bond donors (Lipinski definition) is 2. The first-order valence-corrected chi connectivity index (χ1v) is 15.2. The Bertz CT molecular complexity index is 1150. The third-order valence-electron chi connectivity index (χ3n) is 8.05. The average molecular weight is 584 g/mol. The molecule has 2 fully saturated rings. The van der Waals surface area contributed by atoms with Gasteiger partial charge < -0.3 is 25.3 Å². The Morgan fingerprint density at radius 1 is 0.952 bits per heavy atom. The van der Waals surface area contributed by atoms with Crippen molar-refractivity contribution < 1.29 is 24.0 Å². The summed E-state index contributed by atoms with van der Waals surface area (Å²) in [7, 11) is 0. The molecule has 1 aromatic carbocycles. The lowest BCUT2D eigenvalue weighted by molar-refractivity contribution is -0.138. The molecule has 0 spiro atoms. The zero-order valence-corrected chi connectivity index (χ0v) is 26.5. The second-order valence-corrected chi connectivity index (χ2v) is 13.2. The summed E-state index contributed by atoms with van der Waals surface area (Å²) in [5, 5.41) is 5.69. The molecule has 2 N–H and O–H groups in total. The summed E-state index contributed by atoms with van der Waals surface area (Å²) in [4.78, 5) is 71.2. The van der Waals surface area contributed by atoms with E-state index in [0.717, 1.165) is 18.8 Å². The smallest absolute Gasteiger partial charge is 0.251 e.